The Labute approximate surface area is 121 Å². The van der Waals surface area contributed by atoms with Crippen LogP contribution in [0.2, 0.25) is 0 Å². The van der Waals surface area contributed by atoms with E-state index in [4.69, 9.17) is 5.73 Å². The number of carbonyl (C=O) groups excluding carboxylic acids is 1. The lowest BCUT2D eigenvalue weighted by molar-refractivity contribution is 0.0956. The molecule has 20 heavy (non-hydrogen) atoms. The number of amides is 1. The van der Waals surface area contributed by atoms with Crippen LogP contribution in [0.4, 0.5) is 11.4 Å². The third-order valence-corrected chi connectivity index (χ3v) is 4.08. The molecule has 1 heterocycles. The van der Waals surface area contributed by atoms with Crippen molar-refractivity contribution in [3.05, 3.63) is 23.8 Å². The fourth-order valence-corrected chi connectivity index (χ4v) is 2.96. The maximum atomic E-state index is 12.0. The van der Waals surface area contributed by atoms with Gasteiger partial charge in [-0.2, -0.15) is 0 Å². The molecule has 0 spiro atoms. The normalized spacial score (nSPS) is 22.6. The Hall–Kier alpha value is -1.71. The number of nitrogens with one attached hydrogen (secondary N) is 1. The monoisotopic (exact) mass is 275 g/mol. The van der Waals surface area contributed by atoms with Gasteiger partial charge in [-0.1, -0.05) is 6.92 Å². The van der Waals surface area contributed by atoms with Crippen LogP contribution in [0.15, 0.2) is 18.2 Å². The average Bonchev–Trinajstić information content (AvgIpc) is 2.40. The van der Waals surface area contributed by atoms with Crippen molar-refractivity contribution in [2.45, 2.75) is 39.7 Å². The fourth-order valence-electron chi connectivity index (χ4n) is 2.96. The molecule has 110 valence electrons. The van der Waals surface area contributed by atoms with Crippen LogP contribution in [-0.2, 0) is 0 Å². The first-order valence-corrected chi connectivity index (χ1v) is 7.47. The summed E-state index contributed by atoms with van der Waals surface area (Å²) < 4.78 is 0. The minimum Gasteiger partial charge on any atom is -0.397 e. The molecule has 0 aliphatic carbocycles. The van der Waals surface area contributed by atoms with Crippen LogP contribution in [0, 0.1) is 5.92 Å². The van der Waals surface area contributed by atoms with Gasteiger partial charge in [-0.15, -0.1) is 0 Å². The topological polar surface area (TPSA) is 58.4 Å². The summed E-state index contributed by atoms with van der Waals surface area (Å²) in [6, 6.07) is 6.02. The summed E-state index contributed by atoms with van der Waals surface area (Å²) in [5, 5.41) is 2.83. The molecule has 2 atom stereocenters. The molecular weight excluding hydrogens is 250 g/mol. The number of nitrogens with two attached hydrogens (primary N) is 1. The van der Waals surface area contributed by atoms with Crippen LogP contribution in [0.5, 0.6) is 0 Å². The maximum absolute atomic E-state index is 12.0. The molecular formula is C16H25N3O. The first kappa shape index (κ1) is 14.7. The summed E-state index contributed by atoms with van der Waals surface area (Å²) in [6.07, 6.45) is 2.35. The van der Waals surface area contributed by atoms with Crippen LogP contribution in [0.1, 0.15) is 44.0 Å². The lowest BCUT2D eigenvalue weighted by Gasteiger charge is -2.39. The third kappa shape index (κ3) is 3.06. The fraction of sp³-hybridized carbons (Fsp3) is 0.562. The molecule has 0 radical (unpaired) electrons. The summed E-state index contributed by atoms with van der Waals surface area (Å²) >= 11 is 0. The second-order valence-electron chi connectivity index (χ2n) is 5.81. The molecule has 0 aromatic heterocycles. The highest BCUT2D eigenvalue weighted by Crippen LogP contribution is 2.32. The Balaban J connectivity index is 2.26. The van der Waals surface area contributed by atoms with E-state index in [0.29, 0.717) is 18.2 Å². The van der Waals surface area contributed by atoms with E-state index in [0.717, 1.165) is 23.8 Å². The van der Waals surface area contributed by atoms with Crippen LogP contribution >= 0.6 is 0 Å². The van der Waals surface area contributed by atoms with Gasteiger partial charge >= 0.3 is 0 Å². The first-order valence-electron chi connectivity index (χ1n) is 7.47. The largest absolute Gasteiger partial charge is 0.397 e. The van der Waals surface area contributed by atoms with Gasteiger partial charge in [-0.25, -0.2) is 0 Å². The molecule has 4 nitrogen and oxygen atoms in total. The lowest BCUT2D eigenvalue weighted by atomic mass is 9.92. The molecule has 3 N–H and O–H groups in total. The number of nitrogens with zero attached hydrogens (tertiary/aromatic N) is 1. The molecule has 1 saturated heterocycles. The van der Waals surface area contributed by atoms with E-state index >= 15 is 0 Å². The number of benzene rings is 1. The Morgan fingerprint density at radius 1 is 1.45 bits per heavy atom. The maximum Gasteiger partial charge on any atom is 0.251 e. The van der Waals surface area contributed by atoms with E-state index in [1.165, 1.54) is 12.8 Å². The van der Waals surface area contributed by atoms with E-state index in [9.17, 15) is 4.79 Å². The Morgan fingerprint density at radius 3 is 2.85 bits per heavy atom. The van der Waals surface area contributed by atoms with Gasteiger partial charge in [0.05, 0.1) is 11.4 Å². The molecule has 1 fully saturated rings. The molecule has 2 unspecified atom stereocenters. The Kier molecular flexibility index (Phi) is 4.53. The van der Waals surface area contributed by atoms with Crippen LogP contribution in [0.3, 0.4) is 0 Å². The zero-order chi connectivity index (χ0) is 14.7. The number of piperidine rings is 1. The van der Waals surface area contributed by atoms with E-state index in [2.05, 4.69) is 24.1 Å². The number of hydrogen-bond donors (Lipinski definition) is 2. The van der Waals surface area contributed by atoms with Gasteiger partial charge in [-0.05, 0) is 50.8 Å². The van der Waals surface area contributed by atoms with E-state index < -0.39 is 0 Å². The Bertz CT molecular complexity index is 487. The van der Waals surface area contributed by atoms with Crippen molar-refractivity contribution in [3.63, 3.8) is 0 Å². The van der Waals surface area contributed by atoms with Gasteiger partial charge in [0.1, 0.15) is 0 Å². The number of rotatable bonds is 3. The predicted octanol–water partition coefficient (Wildman–Crippen LogP) is 2.64. The molecule has 0 bridgehead atoms. The molecule has 4 heteroatoms. The van der Waals surface area contributed by atoms with Gasteiger partial charge < -0.3 is 16.0 Å². The minimum absolute atomic E-state index is 0.0354. The predicted molar refractivity (Wildman–Crippen MR) is 84.1 cm³/mol. The molecule has 1 amide bonds. The molecule has 2 rings (SSSR count). The highest BCUT2D eigenvalue weighted by molar-refractivity contribution is 5.96. The van der Waals surface area contributed by atoms with Crippen molar-refractivity contribution in [1.82, 2.24) is 5.32 Å². The Morgan fingerprint density at radius 2 is 2.20 bits per heavy atom. The second-order valence-corrected chi connectivity index (χ2v) is 5.81. The smallest absolute Gasteiger partial charge is 0.251 e. The van der Waals surface area contributed by atoms with Crippen LogP contribution in [-0.4, -0.2) is 25.0 Å². The van der Waals surface area contributed by atoms with Gasteiger partial charge in [0.15, 0.2) is 0 Å². The third-order valence-electron chi connectivity index (χ3n) is 4.08. The minimum atomic E-state index is -0.0354. The summed E-state index contributed by atoms with van der Waals surface area (Å²) in [5.74, 6) is 0.723. The number of nitrogen functional groups attached to an aromatic ring is 1. The van der Waals surface area contributed by atoms with E-state index in [-0.39, 0.29) is 5.91 Å². The molecule has 1 aromatic carbocycles. The van der Waals surface area contributed by atoms with Crippen molar-refractivity contribution < 1.29 is 4.79 Å². The van der Waals surface area contributed by atoms with Crippen molar-refractivity contribution in [1.29, 1.82) is 0 Å². The molecule has 1 aromatic rings. The molecule has 1 aliphatic heterocycles. The number of hydrogen-bond acceptors (Lipinski definition) is 3. The van der Waals surface area contributed by atoms with Crippen molar-refractivity contribution in [2.75, 3.05) is 23.7 Å². The quantitative estimate of drug-likeness (QED) is 0.834. The van der Waals surface area contributed by atoms with Crippen LogP contribution in [0.25, 0.3) is 0 Å². The molecule has 1 aliphatic rings. The van der Waals surface area contributed by atoms with Crippen molar-refractivity contribution in [2.24, 2.45) is 5.92 Å². The highest BCUT2D eigenvalue weighted by Gasteiger charge is 2.24. The zero-order valence-electron chi connectivity index (χ0n) is 12.6. The van der Waals surface area contributed by atoms with Gasteiger partial charge in [0.25, 0.3) is 5.91 Å². The van der Waals surface area contributed by atoms with E-state index in [1.807, 2.05) is 19.1 Å². The molecule has 0 saturated carbocycles. The summed E-state index contributed by atoms with van der Waals surface area (Å²) in [6.45, 7) is 8.09. The highest BCUT2D eigenvalue weighted by atomic mass is 16.1. The summed E-state index contributed by atoms with van der Waals surface area (Å²) in [7, 11) is 0. The zero-order valence-corrected chi connectivity index (χ0v) is 12.6. The van der Waals surface area contributed by atoms with Gasteiger partial charge in [0.2, 0.25) is 0 Å². The van der Waals surface area contributed by atoms with Crippen molar-refractivity contribution in [3.8, 4) is 0 Å². The SMILES string of the molecule is CCNC(=O)c1ccc(N)c(N2CCC(C)CC2C)c1. The summed E-state index contributed by atoms with van der Waals surface area (Å²) in [4.78, 5) is 14.3. The van der Waals surface area contributed by atoms with Crippen molar-refractivity contribution >= 4 is 17.3 Å². The van der Waals surface area contributed by atoms with Gasteiger partial charge in [0, 0.05) is 24.7 Å². The second kappa shape index (κ2) is 6.16. The number of anilines is 2. The standard InChI is InChI=1S/C16H25N3O/c1-4-18-16(20)13-5-6-14(17)15(10-13)19-8-7-11(2)9-12(19)3/h5-6,10-12H,4,7-9,17H2,1-3H3,(H,18,20). The number of carbonyl (C=O) groups is 1. The first-order chi connectivity index (χ1) is 9.52. The van der Waals surface area contributed by atoms with Gasteiger partial charge in [-0.3, -0.25) is 4.79 Å². The summed E-state index contributed by atoms with van der Waals surface area (Å²) in [5.41, 5.74) is 8.54. The van der Waals surface area contributed by atoms with E-state index in [1.54, 1.807) is 6.07 Å². The lowest BCUT2D eigenvalue weighted by Crippen LogP contribution is -2.40. The van der Waals surface area contributed by atoms with Crippen LogP contribution < -0.4 is 16.0 Å². The average molecular weight is 275 g/mol.